The van der Waals surface area contributed by atoms with E-state index in [0.717, 1.165) is 10.9 Å². The van der Waals surface area contributed by atoms with Crippen LogP contribution in [0.15, 0.2) is 36.4 Å². The van der Waals surface area contributed by atoms with Gasteiger partial charge in [-0.3, -0.25) is 10.1 Å². The number of alkyl halides is 2. The van der Waals surface area contributed by atoms with Crippen LogP contribution in [0.4, 0.5) is 14.6 Å². The van der Waals surface area contributed by atoms with Crippen LogP contribution < -0.4 is 10.6 Å². The minimum Gasteiger partial charge on any atom is -0.309 e. The molecular weight excluding hydrogens is 335 g/mol. The Hall–Kier alpha value is -1.50. The molecule has 3 rings (SSSR count). The lowest BCUT2D eigenvalue weighted by Crippen LogP contribution is -2.35. The molecule has 0 radical (unpaired) electrons. The Kier molecular flexibility index (Phi) is 6.05. The van der Waals surface area contributed by atoms with Crippen molar-refractivity contribution in [1.29, 1.82) is 0 Å². The van der Waals surface area contributed by atoms with E-state index in [1.807, 2.05) is 30.3 Å². The molecule has 1 amide bonds. The summed E-state index contributed by atoms with van der Waals surface area (Å²) in [5, 5.41) is 6.04. The molecule has 2 aromatic rings. The van der Waals surface area contributed by atoms with Crippen molar-refractivity contribution in [2.24, 2.45) is 0 Å². The zero-order valence-corrected chi connectivity index (χ0v) is 13.0. The molecule has 2 N–H and O–H groups in total. The SMILES string of the molecule is Cl.Cl.O=C(Nc1ccc2ccccc2n1)C1CC(F)(F)CN1. The van der Waals surface area contributed by atoms with Crippen molar-refractivity contribution >= 4 is 47.4 Å². The average Bonchev–Trinajstić information content (AvgIpc) is 2.79. The first kappa shape index (κ1) is 18.5. The van der Waals surface area contributed by atoms with E-state index in [4.69, 9.17) is 0 Å². The number of amides is 1. The summed E-state index contributed by atoms with van der Waals surface area (Å²) in [5.74, 6) is -2.94. The molecule has 0 bridgehead atoms. The number of carbonyl (C=O) groups excluding carboxylic acids is 1. The highest BCUT2D eigenvalue weighted by atomic mass is 35.5. The molecule has 1 fully saturated rings. The summed E-state index contributed by atoms with van der Waals surface area (Å²) in [5.41, 5.74) is 0.745. The summed E-state index contributed by atoms with van der Waals surface area (Å²) in [6.45, 7) is -0.462. The van der Waals surface area contributed by atoms with E-state index in [1.54, 1.807) is 6.07 Å². The van der Waals surface area contributed by atoms with Gasteiger partial charge in [-0.15, -0.1) is 24.8 Å². The first-order valence-electron chi connectivity index (χ1n) is 6.31. The number of para-hydroxylation sites is 1. The van der Waals surface area contributed by atoms with Crippen LogP contribution in [-0.2, 0) is 4.79 Å². The van der Waals surface area contributed by atoms with Crippen LogP contribution in [0, 0.1) is 0 Å². The monoisotopic (exact) mass is 349 g/mol. The highest BCUT2D eigenvalue weighted by Crippen LogP contribution is 2.25. The molecule has 1 aromatic carbocycles. The Morgan fingerprint density at radius 2 is 1.95 bits per heavy atom. The van der Waals surface area contributed by atoms with Crippen molar-refractivity contribution in [3.05, 3.63) is 36.4 Å². The highest BCUT2D eigenvalue weighted by Gasteiger charge is 2.42. The Morgan fingerprint density at radius 1 is 1.23 bits per heavy atom. The largest absolute Gasteiger partial charge is 0.309 e. The molecular formula is C14H15Cl2F2N3O. The molecule has 8 heteroatoms. The lowest BCUT2D eigenvalue weighted by molar-refractivity contribution is -0.118. The molecule has 0 aliphatic carbocycles. The number of nitrogens with zero attached hydrogens (tertiary/aromatic N) is 1. The van der Waals surface area contributed by atoms with Crippen LogP contribution >= 0.6 is 24.8 Å². The van der Waals surface area contributed by atoms with Gasteiger partial charge in [-0.05, 0) is 18.2 Å². The number of anilines is 1. The highest BCUT2D eigenvalue weighted by molar-refractivity contribution is 5.95. The Balaban J connectivity index is 0.00000121. The fourth-order valence-corrected chi connectivity index (χ4v) is 2.25. The van der Waals surface area contributed by atoms with Gasteiger partial charge in [-0.1, -0.05) is 18.2 Å². The third kappa shape index (κ3) is 4.03. The Morgan fingerprint density at radius 3 is 2.64 bits per heavy atom. The van der Waals surface area contributed by atoms with Gasteiger partial charge in [0.2, 0.25) is 5.91 Å². The molecule has 1 aromatic heterocycles. The van der Waals surface area contributed by atoms with Gasteiger partial charge in [0.1, 0.15) is 5.82 Å². The zero-order chi connectivity index (χ0) is 14.2. The van der Waals surface area contributed by atoms with Crippen molar-refractivity contribution in [1.82, 2.24) is 10.3 Å². The van der Waals surface area contributed by atoms with Crippen LogP contribution in [0.25, 0.3) is 10.9 Å². The van der Waals surface area contributed by atoms with Gasteiger partial charge in [0, 0.05) is 11.8 Å². The average molecular weight is 350 g/mol. The summed E-state index contributed by atoms with van der Waals surface area (Å²) in [6.07, 6.45) is -0.480. The van der Waals surface area contributed by atoms with Crippen molar-refractivity contribution in [2.75, 3.05) is 11.9 Å². The molecule has 1 aliphatic rings. The third-order valence-corrected chi connectivity index (χ3v) is 3.28. The Labute approximate surface area is 138 Å². The first-order chi connectivity index (χ1) is 9.53. The standard InChI is InChI=1S/C14H13F2N3O.2ClH/c15-14(16)7-11(17-8-14)13(20)19-12-6-5-9-3-1-2-4-10(9)18-12;;/h1-6,11,17H,7-8H2,(H,18,19,20);2*1H. The lowest BCUT2D eigenvalue weighted by Gasteiger charge is -2.11. The molecule has 1 unspecified atom stereocenters. The zero-order valence-electron chi connectivity index (χ0n) is 11.4. The van der Waals surface area contributed by atoms with Crippen molar-refractivity contribution in [2.45, 2.75) is 18.4 Å². The van der Waals surface area contributed by atoms with Crippen LogP contribution in [0.3, 0.4) is 0 Å². The lowest BCUT2D eigenvalue weighted by atomic mass is 10.2. The number of hydrogen-bond acceptors (Lipinski definition) is 3. The molecule has 4 nitrogen and oxygen atoms in total. The summed E-state index contributed by atoms with van der Waals surface area (Å²) in [6, 6.07) is 10.1. The van der Waals surface area contributed by atoms with E-state index in [0.29, 0.717) is 5.82 Å². The number of fused-ring (bicyclic) bond motifs is 1. The van der Waals surface area contributed by atoms with E-state index >= 15 is 0 Å². The second kappa shape index (κ2) is 7.17. The molecule has 1 saturated heterocycles. The van der Waals surface area contributed by atoms with E-state index in [-0.39, 0.29) is 24.8 Å². The molecule has 0 saturated carbocycles. The number of halogens is 4. The molecule has 2 heterocycles. The molecule has 0 spiro atoms. The van der Waals surface area contributed by atoms with Gasteiger partial charge in [0.25, 0.3) is 5.92 Å². The number of aromatic nitrogens is 1. The summed E-state index contributed by atoms with van der Waals surface area (Å²) < 4.78 is 26.1. The van der Waals surface area contributed by atoms with Gasteiger partial charge in [-0.2, -0.15) is 0 Å². The molecule has 22 heavy (non-hydrogen) atoms. The maximum absolute atomic E-state index is 13.0. The summed E-state index contributed by atoms with van der Waals surface area (Å²) in [4.78, 5) is 16.2. The van der Waals surface area contributed by atoms with Crippen LogP contribution in [-0.4, -0.2) is 29.4 Å². The summed E-state index contributed by atoms with van der Waals surface area (Å²) in [7, 11) is 0. The van der Waals surface area contributed by atoms with Crippen molar-refractivity contribution in [3.8, 4) is 0 Å². The molecule has 120 valence electrons. The number of pyridine rings is 1. The third-order valence-electron chi connectivity index (χ3n) is 3.28. The normalized spacial score (nSPS) is 19.1. The molecule has 1 aliphatic heterocycles. The number of carbonyl (C=O) groups is 1. The van der Waals surface area contributed by atoms with Crippen LogP contribution in [0.1, 0.15) is 6.42 Å². The Bertz CT molecular complexity index is 669. The predicted molar refractivity (Wildman–Crippen MR) is 86.2 cm³/mol. The second-order valence-electron chi connectivity index (χ2n) is 4.87. The topological polar surface area (TPSA) is 54.0 Å². The second-order valence-corrected chi connectivity index (χ2v) is 4.87. The van der Waals surface area contributed by atoms with Crippen molar-refractivity contribution < 1.29 is 13.6 Å². The quantitative estimate of drug-likeness (QED) is 0.876. The van der Waals surface area contributed by atoms with Gasteiger partial charge < -0.3 is 5.32 Å². The van der Waals surface area contributed by atoms with E-state index < -0.39 is 30.8 Å². The number of rotatable bonds is 2. The van der Waals surface area contributed by atoms with Gasteiger partial charge in [0.15, 0.2) is 0 Å². The summed E-state index contributed by atoms with van der Waals surface area (Å²) >= 11 is 0. The number of benzene rings is 1. The van der Waals surface area contributed by atoms with E-state index in [9.17, 15) is 13.6 Å². The van der Waals surface area contributed by atoms with Gasteiger partial charge >= 0.3 is 0 Å². The predicted octanol–water partition coefficient (Wildman–Crippen LogP) is 3.01. The molecule has 1 atom stereocenters. The number of hydrogen-bond donors (Lipinski definition) is 2. The van der Waals surface area contributed by atoms with Crippen LogP contribution in [0.2, 0.25) is 0 Å². The fourth-order valence-electron chi connectivity index (χ4n) is 2.25. The fraction of sp³-hybridized carbons (Fsp3) is 0.286. The van der Waals surface area contributed by atoms with Gasteiger partial charge in [0.05, 0.1) is 18.1 Å². The smallest absolute Gasteiger partial charge is 0.262 e. The van der Waals surface area contributed by atoms with E-state index in [1.165, 1.54) is 0 Å². The maximum Gasteiger partial charge on any atom is 0.262 e. The number of nitrogens with one attached hydrogen (secondary N) is 2. The van der Waals surface area contributed by atoms with Crippen LogP contribution in [0.5, 0.6) is 0 Å². The minimum atomic E-state index is -2.82. The van der Waals surface area contributed by atoms with E-state index in [2.05, 4.69) is 15.6 Å². The first-order valence-corrected chi connectivity index (χ1v) is 6.31. The van der Waals surface area contributed by atoms with Crippen molar-refractivity contribution in [3.63, 3.8) is 0 Å². The maximum atomic E-state index is 13.0. The minimum absolute atomic E-state index is 0. The van der Waals surface area contributed by atoms with Gasteiger partial charge in [-0.25, -0.2) is 13.8 Å².